The zero-order valence-electron chi connectivity index (χ0n) is 20.0. The first kappa shape index (κ1) is 23.0. The Balaban J connectivity index is 1.36. The molecule has 1 saturated heterocycles. The van der Waals surface area contributed by atoms with E-state index in [1.807, 2.05) is 54.4 Å². The van der Waals surface area contributed by atoms with Gasteiger partial charge in [-0.1, -0.05) is 30.3 Å². The van der Waals surface area contributed by atoms with Gasteiger partial charge in [-0.2, -0.15) is 0 Å². The van der Waals surface area contributed by atoms with E-state index in [1.165, 1.54) is 11.8 Å². The van der Waals surface area contributed by atoms with E-state index in [9.17, 15) is 15.0 Å². The summed E-state index contributed by atoms with van der Waals surface area (Å²) in [6, 6.07) is 13.4. The molecule has 2 aliphatic carbocycles. The molecule has 7 heteroatoms. The van der Waals surface area contributed by atoms with Gasteiger partial charge in [0.25, 0.3) is 0 Å². The van der Waals surface area contributed by atoms with Crippen LogP contribution in [0.2, 0.25) is 0 Å². The number of likely N-dealkylation sites (tertiary alicyclic amines) is 1. The molecule has 6 nitrogen and oxygen atoms in total. The molecule has 2 fully saturated rings. The van der Waals surface area contributed by atoms with Gasteiger partial charge in [0.2, 0.25) is 5.91 Å². The van der Waals surface area contributed by atoms with Crippen LogP contribution in [0.1, 0.15) is 30.4 Å². The first-order chi connectivity index (χ1) is 16.9. The fraction of sp³-hybridized carbons (Fsp3) is 0.464. The van der Waals surface area contributed by atoms with E-state index in [2.05, 4.69) is 11.5 Å². The Morgan fingerprint density at radius 1 is 1.29 bits per heavy atom. The largest absolute Gasteiger partial charge is 0.504 e. The molecule has 1 saturated carbocycles. The number of phenols is 1. The van der Waals surface area contributed by atoms with E-state index in [-0.39, 0.29) is 23.7 Å². The van der Waals surface area contributed by atoms with Gasteiger partial charge >= 0.3 is 0 Å². The molecule has 0 radical (unpaired) electrons. The predicted octanol–water partition coefficient (Wildman–Crippen LogP) is 3.35. The number of carbonyl (C=O) groups excluding carboxylic acids is 1. The van der Waals surface area contributed by atoms with Crippen molar-refractivity contribution >= 4 is 17.7 Å². The number of rotatable bonds is 6. The topological polar surface area (TPSA) is 73.2 Å². The van der Waals surface area contributed by atoms with Crippen LogP contribution < -0.4 is 4.74 Å². The van der Waals surface area contributed by atoms with E-state index in [0.29, 0.717) is 24.3 Å². The van der Waals surface area contributed by atoms with Crippen LogP contribution >= 0.6 is 11.8 Å². The summed E-state index contributed by atoms with van der Waals surface area (Å²) in [6.07, 6.45) is 4.20. The standard InChI is InChI=1S/C28H32N2O4S/c1-3-14-30-15-13-27-24-18-9-10-21(31)25(24)34-26(27)20(11-12-28(27,33)22(30)16-18)29(2)23(32)17-35-19-7-5-4-6-8-19/h3-10,20,22,26,31,33H,1,11-17H2,2H3/t20-,22-,26+,27+,28-/m1/s1. The Morgan fingerprint density at radius 2 is 2.09 bits per heavy atom. The molecule has 2 aliphatic heterocycles. The number of hydrogen-bond donors (Lipinski definition) is 2. The quantitative estimate of drug-likeness (QED) is 0.476. The number of amides is 1. The number of phenolic OH excluding ortho intramolecular Hbond substituents is 1. The fourth-order valence-corrected chi connectivity index (χ4v) is 8.18. The second-order valence-electron chi connectivity index (χ2n) is 10.3. The monoisotopic (exact) mass is 492 g/mol. The summed E-state index contributed by atoms with van der Waals surface area (Å²) in [5.41, 5.74) is 0.493. The molecule has 0 unspecified atom stereocenters. The summed E-state index contributed by atoms with van der Waals surface area (Å²) in [5, 5.41) is 23.2. The molecule has 35 heavy (non-hydrogen) atoms. The maximum Gasteiger partial charge on any atom is 0.233 e. The third kappa shape index (κ3) is 3.14. The van der Waals surface area contributed by atoms with Crippen molar-refractivity contribution in [1.29, 1.82) is 0 Å². The molecule has 2 N–H and O–H groups in total. The lowest BCUT2D eigenvalue weighted by Crippen LogP contribution is -2.78. The summed E-state index contributed by atoms with van der Waals surface area (Å²) in [5.74, 6) is 1.02. The second-order valence-corrected chi connectivity index (χ2v) is 11.4. The first-order valence-corrected chi connectivity index (χ1v) is 13.4. The predicted molar refractivity (Wildman–Crippen MR) is 136 cm³/mol. The van der Waals surface area contributed by atoms with Crippen molar-refractivity contribution in [3.05, 3.63) is 66.2 Å². The molecule has 1 amide bonds. The molecule has 2 aromatic rings. The van der Waals surface area contributed by atoms with Gasteiger partial charge in [-0.15, -0.1) is 18.3 Å². The van der Waals surface area contributed by atoms with Gasteiger partial charge in [-0.25, -0.2) is 0 Å². The van der Waals surface area contributed by atoms with Crippen LogP contribution in [-0.2, 0) is 16.6 Å². The third-order valence-corrected chi connectivity index (χ3v) is 9.90. The summed E-state index contributed by atoms with van der Waals surface area (Å²) in [7, 11) is 1.86. The molecular weight excluding hydrogens is 460 g/mol. The highest BCUT2D eigenvalue weighted by Gasteiger charge is 2.73. The average Bonchev–Trinajstić information content (AvgIpc) is 3.22. The lowest BCUT2D eigenvalue weighted by molar-refractivity contribution is -0.198. The summed E-state index contributed by atoms with van der Waals surface area (Å²) in [4.78, 5) is 18.6. The Kier molecular flexibility index (Phi) is 5.43. The minimum absolute atomic E-state index is 0.0427. The van der Waals surface area contributed by atoms with Gasteiger partial charge < -0.3 is 19.8 Å². The van der Waals surface area contributed by atoms with Crippen molar-refractivity contribution < 1.29 is 19.7 Å². The fourth-order valence-electron chi connectivity index (χ4n) is 7.33. The number of thioether (sulfide) groups is 1. The van der Waals surface area contributed by atoms with E-state index < -0.39 is 17.1 Å². The Hall–Kier alpha value is -2.48. The normalized spacial score (nSPS) is 32.5. The highest BCUT2D eigenvalue weighted by Crippen LogP contribution is 2.65. The number of carbonyl (C=O) groups is 1. The average molecular weight is 493 g/mol. The Morgan fingerprint density at radius 3 is 2.86 bits per heavy atom. The van der Waals surface area contributed by atoms with Gasteiger partial charge in [0.05, 0.1) is 22.8 Å². The van der Waals surface area contributed by atoms with Crippen molar-refractivity contribution in [3.8, 4) is 11.5 Å². The number of aliphatic hydroxyl groups is 1. The number of hydrogen-bond acceptors (Lipinski definition) is 6. The zero-order chi connectivity index (χ0) is 24.4. The molecule has 4 aliphatic rings. The van der Waals surface area contributed by atoms with Gasteiger partial charge in [0.15, 0.2) is 11.5 Å². The van der Waals surface area contributed by atoms with Crippen molar-refractivity contribution in [3.63, 3.8) is 0 Å². The number of ether oxygens (including phenoxy) is 1. The first-order valence-electron chi connectivity index (χ1n) is 12.4. The van der Waals surface area contributed by atoms with Crippen LogP contribution in [0.5, 0.6) is 11.5 Å². The maximum absolute atomic E-state index is 13.3. The van der Waals surface area contributed by atoms with Gasteiger partial charge in [0.1, 0.15) is 6.10 Å². The molecule has 184 valence electrons. The summed E-state index contributed by atoms with van der Waals surface area (Å²) >= 11 is 1.53. The summed E-state index contributed by atoms with van der Waals surface area (Å²) < 4.78 is 6.57. The van der Waals surface area contributed by atoms with Crippen molar-refractivity contribution in [2.24, 2.45) is 0 Å². The molecule has 6 rings (SSSR count). The van der Waals surface area contributed by atoms with E-state index >= 15 is 0 Å². The molecule has 2 heterocycles. The Bertz CT molecular complexity index is 1170. The highest BCUT2D eigenvalue weighted by molar-refractivity contribution is 8.00. The van der Waals surface area contributed by atoms with Gasteiger partial charge in [0, 0.05) is 30.1 Å². The smallest absolute Gasteiger partial charge is 0.233 e. The van der Waals surface area contributed by atoms with E-state index in [1.54, 1.807) is 6.07 Å². The van der Waals surface area contributed by atoms with E-state index in [4.69, 9.17) is 4.74 Å². The molecule has 1 spiro atoms. The van der Waals surface area contributed by atoms with Crippen LogP contribution in [0.3, 0.4) is 0 Å². The van der Waals surface area contributed by atoms with E-state index in [0.717, 1.165) is 42.0 Å². The second kappa shape index (κ2) is 8.29. The van der Waals surface area contributed by atoms with Gasteiger partial charge in [-0.05, 0) is 56.0 Å². The van der Waals surface area contributed by atoms with Crippen LogP contribution in [-0.4, -0.2) is 75.6 Å². The maximum atomic E-state index is 13.3. The van der Waals surface area contributed by atoms with Crippen LogP contribution in [0, 0.1) is 0 Å². The minimum Gasteiger partial charge on any atom is -0.504 e. The SMILES string of the molecule is C=CCN1CC[C@]23c4c5ccc(O)c4O[C@H]2[C@H](N(C)C(=O)CSc2ccccc2)CC[C@@]3(O)[C@H]1C5. The third-order valence-electron chi connectivity index (χ3n) is 8.90. The number of benzene rings is 2. The number of piperidine rings is 1. The van der Waals surface area contributed by atoms with Crippen LogP contribution in [0.15, 0.2) is 60.0 Å². The Labute approximate surface area is 210 Å². The van der Waals surface area contributed by atoms with Crippen molar-refractivity contribution in [1.82, 2.24) is 9.80 Å². The van der Waals surface area contributed by atoms with Gasteiger partial charge in [-0.3, -0.25) is 9.69 Å². The van der Waals surface area contributed by atoms with Crippen molar-refractivity contribution in [2.45, 2.75) is 59.8 Å². The summed E-state index contributed by atoms with van der Waals surface area (Å²) in [6.45, 7) is 5.48. The molecule has 0 aromatic heterocycles. The zero-order valence-corrected chi connectivity index (χ0v) is 20.8. The molecular formula is C28H32N2O4S. The lowest BCUT2D eigenvalue weighted by atomic mass is 9.48. The van der Waals surface area contributed by atoms with Crippen molar-refractivity contribution in [2.75, 3.05) is 25.9 Å². The highest BCUT2D eigenvalue weighted by atomic mass is 32.2. The van der Waals surface area contributed by atoms with Crippen LogP contribution in [0.25, 0.3) is 0 Å². The number of likely N-dealkylation sites (N-methyl/N-ethyl adjacent to an activating group) is 1. The van der Waals surface area contributed by atoms with Crippen LogP contribution in [0.4, 0.5) is 0 Å². The number of nitrogens with zero attached hydrogens (tertiary/aromatic N) is 2. The molecule has 2 aromatic carbocycles. The molecule has 2 bridgehead atoms. The molecule has 5 atom stereocenters. The lowest BCUT2D eigenvalue weighted by Gasteiger charge is -2.64. The minimum atomic E-state index is -0.982. The number of aromatic hydroxyl groups is 1.